The topological polar surface area (TPSA) is 29.5 Å². The van der Waals surface area contributed by atoms with E-state index < -0.39 is 6.10 Å². The summed E-state index contributed by atoms with van der Waals surface area (Å²) in [6.07, 6.45) is 1.79. The molecule has 1 heterocycles. The van der Waals surface area contributed by atoms with Crippen LogP contribution in [0.3, 0.4) is 0 Å². The lowest BCUT2D eigenvalue weighted by Gasteiger charge is -2.15. The van der Waals surface area contributed by atoms with Crippen LogP contribution in [0.5, 0.6) is 0 Å². The minimum absolute atomic E-state index is 0.279. The SMILES string of the molecule is OC(Cc1cccc(F)c1Br)CC1CCOC1. The maximum Gasteiger partial charge on any atom is 0.137 e. The zero-order chi connectivity index (χ0) is 12.3. The highest BCUT2D eigenvalue weighted by Crippen LogP contribution is 2.24. The molecule has 2 rings (SSSR count). The lowest BCUT2D eigenvalue weighted by Crippen LogP contribution is -2.16. The maximum absolute atomic E-state index is 13.3. The minimum Gasteiger partial charge on any atom is -0.393 e. The molecular weight excluding hydrogens is 287 g/mol. The predicted molar refractivity (Wildman–Crippen MR) is 67.4 cm³/mol. The average molecular weight is 303 g/mol. The Kier molecular flexibility index (Phi) is 4.54. The van der Waals surface area contributed by atoms with Crippen LogP contribution in [0.4, 0.5) is 4.39 Å². The zero-order valence-corrected chi connectivity index (χ0v) is 11.1. The molecule has 0 spiro atoms. The van der Waals surface area contributed by atoms with Crippen molar-refractivity contribution in [3.63, 3.8) is 0 Å². The van der Waals surface area contributed by atoms with E-state index >= 15 is 0 Å². The Balaban J connectivity index is 1.93. The van der Waals surface area contributed by atoms with Gasteiger partial charge in [-0.2, -0.15) is 0 Å². The molecule has 1 aliphatic rings. The van der Waals surface area contributed by atoms with Gasteiger partial charge in [-0.1, -0.05) is 12.1 Å². The molecule has 2 unspecified atom stereocenters. The van der Waals surface area contributed by atoms with Gasteiger partial charge in [0.1, 0.15) is 5.82 Å². The molecule has 17 heavy (non-hydrogen) atoms. The highest BCUT2D eigenvalue weighted by Gasteiger charge is 2.20. The Morgan fingerprint density at radius 2 is 2.35 bits per heavy atom. The smallest absolute Gasteiger partial charge is 0.137 e. The molecule has 1 saturated heterocycles. The molecule has 0 saturated carbocycles. The molecular formula is C13H16BrFO2. The normalized spacial score (nSPS) is 21.7. The lowest BCUT2D eigenvalue weighted by atomic mass is 9.96. The van der Waals surface area contributed by atoms with E-state index in [9.17, 15) is 9.50 Å². The van der Waals surface area contributed by atoms with E-state index in [4.69, 9.17) is 4.74 Å². The first-order valence-corrected chi connectivity index (χ1v) is 6.65. The number of ether oxygens (including phenoxy) is 1. The van der Waals surface area contributed by atoms with Gasteiger partial charge < -0.3 is 9.84 Å². The number of benzene rings is 1. The third-order valence-electron chi connectivity index (χ3n) is 3.12. The van der Waals surface area contributed by atoms with E-state index in [0.717, 1.165) is 31.6 Å². The van der Waals surface area contributed by atoms with Gasteiger partial charge in [-0.15, -0.1) is 0 Å². The molecule has 94 valence electrons. The first-order chi connectivity index (χ1) is 8.16. The summed E-state index contributed by atoms with van der Waals surface area (Å²) in [4.78, 5) is 0. The van der Waals surface area contributed by atoms with Crippen LogP contribution < -0.4 is 0 Å². The van der Waals surface area contributed by atoms with Crippen molar-refractivity contribution in [2.75, 3.05) is 13.2 Å². The van der Waals surface area contributed by atoms with E-state index in [0.29, 0.717) is 16.8 Å². The Bertz CT molecular complexity index is 378. The Morgan fingerprint density at radius 3 is 3.06 bits per heavy atom. The molecule has 1 aromatic rings. The predicted octanol–water partition coefficient (Wildman–Crippen LogP) is 2.92. The van der Waals surface area contributed by atoms with Crippen molar-refractivity contribution in [1.29, 1.82) is 0 Å². The summed E-state index contributed by atoms with van der Waals surface area (Å²) < 4.78 is 19.0. The molecule has 1 fully saturated rings. The molecule has 2 atom stereocenters. The van der Waals surface area contributed by atoms with Gasteiger partial charge in [-0.3, -0.25) is 0 Å². The monoisotopic (exact) mass is 302 g/mol. The van der Waals surface area contributed by atoms with Gasteiger partial charge in [0.25, 0.3) is 0 Å². The van der Waals surface area contributed by atoms with Gasteiger partial charge in [0, 0.05) is 13.2 Å². The van der Waals surface area contributed by atoms with Gasteiger partial charge in [0.2, 0.25) is 0 Å². The lowest BCUT2D eigenvalue weighted by molar-refractivity contribution is 0.128. The largest absolute Gasteiger partial charge is 0.393 e. The summed E-state index contributed by atoms with van der Waals surface area (Å²) in [5, 5.41) is 9.98. The van der Waals surface area contributed by atoms with Crippen LogP contribution in [-0.2, 0) is 11.2 Å². The van der Waals surface area contributed by atoms with Gasteiger partial charge >= 0.3 is 0 Å². The maximum atomic E-state index is 13.3. The van der Waals surface area contributed by atoms with Crippen molar-refractivity contribution in [1.82, 2.24) is 0 Å². The number of rotatable bonds is 4. The molecule has 0 aromatic heterocycles. The van der Waals surface area contributed by atoms with Crippen LogP contribution in [0.2, 0.25) is 0 Å². The van der Waals surface area contributed by atoms with Gasteiger partial charge in [-0.05, 0) is 52.7 Å². The summed E-state index contributed by atoms with van der Waals surface area (Å²) >= 11 is 3.21. The standard InChI is InChI=1S/C13H16BrFO2/c14-13-10(2-1-3-12(13)15)7-11(16)6-9-4-5-17-8-9/h1-3,9,11,16H,4-8H2. The molecule has 0 radical (unpaired) electrons. The fourth-order valence-electron chi connectivity index (χ4n) is 2.20. The van der Waals surface area contributed by atoms with Crippen molar-refractivity contribution >= 4 is 15.9 Å². The van der Waals surface area contributed by atoms with E-state index in [-0.39, 0.29) is 5.82 Å². The van der Waals surface area contributed by atoms with E-state index in [2.05, 4.69) is 15.9 Å². The molecule has 1 aliphatic heterocycles. The quantitative estimate of drug-likeness (QED) is 0.927. The van der Waals surface area contributed by atoms with Crippen molar-refractivity contribution < 1.29 is 14.2 Å². The van der Waals surface area contributed by atoms with Gasteiger partial charge in [-0.25, -0.2) is 4.39 Å². The highest BCUT2D eigenvalue weighted by molar-refractivity contribution is 9.10. The zero-order valence-electron chi connectivity index (χ0n) is 9.53. The number of hydrogen-bond donors (Lipinski definition) is 1. The number of hydrogen-bond acceptors (Lipinski definition) is 2. The summed E-state index contributed by atoms with van der Waals surface area (Å²) in [5.74, 6) is 0.163. The second-order valence-electron chi connectivity index (χ2n) is 4.54. The van der Waals surface area contributed by atoms with E-state index in [1.165, 1.54) is 6.07 Å². The Labute approximate surface area is 109 Å². The second kappa shape index (κ2) is 5.94. The number of halogens is 2. The summed E-state index contributed by atoms with van der Waals surface area (Å²) in [7, 11) is 0. The second-order valence-corrected chi connectivity index (χ2v) is 5.33. The first kappa shape index (κ1) is 13.0. The van der Waals surface area contributed by atoms with Gasteiger partial charge in [0.05, 0.1) is 10.6 Å². The summed E-state index contributed by atoms with van der Waals surface area (Å²) in [6, 6.07) is 4.91. The molecule has 2 nitrogen and oxygen atoms in total. The summed E-state index contributed by atoms with van der Waals surface area (Å²) in [6.45, 7) is 1.53. The third kappa shape index (κ3) is 3.50. The van der Waals surface area contributed by atoms with Crippen molar-refractivity contribution in [2.45, 2.75) is 25.4 Å². The average Bonchev–Trinajstić information content (AvgIpc) is 2.77. The molecule has 4 heteroatoms. The molecule has 0 bridgehead atoms. The fraction of sp³-hybridized carbons (Fsp3) is 0.538. The molecule has 0 aliphatic carbocycles. The van der Waals surface area contributed by atoms with Gasteiger partial charge in [0.15, 0.2) is 0 Å². The fourth-order valence-corrected chi connectivity index (χ4v) is 2.62. The first-order valence-electron chi connectivity index (χ1n) is 5.85. The molecule has 1 N–H and O–H groups in total. The van der Waals surface area contributed by atoms with Crippen LogP contribution in [-0.4, -0.2) is 24.4 Å². The van der Waals surface area contributed by atoms with Crippen LogP contribution in [0.25, 0.3) is 0 Å². The Morgan fingerprint density at radius 1 is 1.53 bits per heavy atom. The number of aliphatic hydroxyl groups is 1. The van der Waals surface area contributed by atoms with E-state index in [1.807, 2.05) is 6.07 Å². The Hall–Kier alpha value is -0.450. The van der Waals surface area contributed by atoms with Crippen molar-refractivity contribution in [3.05, 3.63) is 34.1 Å². The van der Waals surface area contributed by atoms with Crippen LogP contribution >= 0.6 is 15.9 Å². The van der Waals surface area contributed by atoms with Crippen LogP contribution in [0.15, 0.2) is 22.7 Å². The van der Waals surface area contributed by atoms with Crippen molar-refractivity contribution in [3.8, 4) is 0 Å². The van der Waals surface area contributed by atoms with Crippen LogP contribution in [0.1, 0.15) is 18.4 Å². The summed E-state index contributed by atoms with van der Waals surface area (Å²) in [5.41, 5.74) is 0.816. The third-order valence-corrected chi connectivity index (χ3v) is 4.00. The highest BCUT2D eigenvalue weighted by atomic mass is 79.9. The number of aliphatic hydroxyl groups excluding tert-OH is 1. The van der Waals surface area contributed by atoms with Crippen LogP contribution in [0, 0.1) is 11.7 Å². The molecule has 1 aromatic carbocycles. The van der Waals surface area contributed by atoms with E-state index in [1.54, 1.807) is 6.07 Å². The molecule has 0 amide bonds. The van der Waals surface area contributed by atoms with Crippen molar-refractivity contribution in [2.24, 2.45) is 5.92 Å². The minimum atomic E-state index is -0.431.